The number of thiophene rings is 1. The molecule has 23 heavy (non-hydrogen) atoms. The molecule has 0 N–H and O–H groups in total. The minimum absolute atomic E-state index is 0.0522. The largest absolute Gasteiger partial charge is 0.452 e. The molecule has 2 aromatic heterocycles. The number of hydrogen-bond donors (Lipinski definition) is 0. The first-order valence-corrected chi connectivity index (χ1v) is 7.82. The van der Waals surface area contributed by atoms with Gasteiger partial charge in [0.1, 0.15) is 0 Å². The van der Waals surface area contributed by atoms with Crippen molar-refractivity contribution in [2.45, 2.75) is 6.61 Å². The first-order chi connectivity index (χ1) is 11.1. The predicted octanol–water partition coefficient (Wildman–Crippen LogP) is 3.22. The van der Waals surface area contributed by atoms with Crippen molar-refractivity contribution in [2.75, 3.05) is 19.0 Å². The normalized spacial score (nSPS) is 10.5. The summed E-state index contributed by atoms with van der Waals surface area (Å²) in [6.07, 6.45) is 0. The molecule has 3 aromatic rings. The van der Waals surface area contributed by atoms with Gasteiger partial charge in [0.05, 0.1) is 10.4 Å². The van der Waals surface area contributed by atoms with Crippen LogP contribution in [-0.2, 0) is 11.3 Å². The average Bonchev–Trinajstić information content (AvgIpc) is 3.23. The first-order valence-electron chi connectivity index (χ1n) is 6.94. The minimum atomic E-state index is -0.426. The van der Waals surface area contributed by atoms with Gasteiger partial charge in [-0.3, -0.25) is 0 Å². The van der Waals surface area contributed by atoms with E-state index in [1.165, 1.54) is 11.3 Å². The number of hydrogen-bond acceptors (Lipinski definition) is 7. The Balaban J connectivity index is 1.64. The summed E-state index contributed by atoms with van der Waals surface area (Å²) in [4.78, 5) is 19.1. The number of aromatic nitrogens is 2. The summed E-state index contributed by atoms with van der Waals surface area (Å²) in [5, 5.41) is 5.81. The number of carbonyl (C=O) groups is 1. The topological polar surface area (TPSA) is 68.5 Å². The number of ether oxygens (including phenoxy) is 1. The van der Waals surface area contributed by atoms with E-state index < -0.39 is 5.97 Å². The molecule has 0 saturated carbocycles. The second-order valence-electron chi connectivity index (χ2n) is 5.01. The monoisotopic (exact) mass is 329 g/mol. The van der Waals surface area contributed by atoms with Gasteiger partial charge in [-0.25, -0.2) is 4.79 Å². The lowest BCUT2D eigenvalue weighted by atomic mass is 10.2. The summed E-state index contributed by atoms with van der Waals surface area (Å²) in [6, 6.07) is 11.0. The minimum Gasteiger partial charge on any atom is -0.452 e. The molecule has 118 valence electrons. The molecule has 2 heterocycles. The van der Waals surface area contributed by atoms with Crippen LogP contribution in [0.4, 0.5) is 5.69 Å². The summed E-state index contributed by atoms with van der Waals surface area (Å²) in [6.45, 7) is -0.0522. The van der Waals surface area contributed by atoms with Gasteiger partial charge >= 0.3 is 5.97 Å². The van der Waals surface area contributed by atoms with E-state index in [0.717, 1.165) is 10.6 Å². The van der Waals surface area contributed by atoms with Crippen LogP contribution >= 0.6 is 11.3 Å². The van der Waals surface area contributed by atoms with E-state index in [9.17, 15) is 4.79 Å². The van der Waals surface area contributed by atoms with E-state index in [2.05, 4.69) is 10.1 Å². The Hall–Kier alpha value is -2.67. The molecule has 0 aliphatic carbocycles. The van der Waals surface area contributed by atoms with Gasteiger partial charge in [0, 0.05) is 19.8 Å². The van der Waals surface area contributed by atoms with Crippen molar-refractivity contribution in [2.24, 2.45) is 0 Å². The van der Waals surface area contributed by atoms with E-state index in [-0.39, 0.29) is 12.5 Å². The van der Waals surface area contributed by atoms with Crippen LogP contribution in [0.1, 0.15) is 16.2 Å². The maximum atomic E-state index is 12.1. The fraction of sp³-hybridized carbons (Fsp3) is 0.188. The second kappa shape index (κ2) is 6.62. The molecule has 1 aromatic carbocycles. The number of benzene rings is 1. The third kappa shape index (κ3) is 3.57. The lowest BCUT2D eigenvalue weighted by Gasteiger charge is -2.12. The molecule has 6 nitrogen and oxygen atoms in total. The van der Waals surface area contributed by atoms with Crippen LogP contribution < -0.4 is 4.90 Å². The van der Waals surface area contributed by atoms with Crippen molar-refractivity contribution in [3.05, 3.63) is 53.2 Å². The molecule has 0 atom stereocenters. The molecule has 0 saturated heterocycles. The van der Waals surface area contributed by atoms with Crippen molar-refractivity contribution >= 4 is 23.0 Å². The first kappa shape index (κ1) is 15.2. The van der Waals surface area contributed by atoms with Crippen LogP contribution in [0, 0.1) is 0 Å². The summed E-state index contributed by atoms with van der Waals surface area (Å²) in [5.74, 6) is 0.343. The zero-order chi connectivity index (χ0) is 16.2. The van der Waals surface area contributed by atoms with Gasteiger partial charge in [-0.05, 0) is 29.6 Å². The molecule has 0 aliphatic heterocycles. The van der Waals surface area contributed by atoms with Gasteiger partial charge in [0.2, 0.25) is 5.82 Å². The third-order valence-corrected chi connectivity index (χ3v) is 4.00. The Kier molecular flexibility index (Phi) is 4.38. The summed E-state index contributed by atoms with van der Waals surface area (Å²) in [5.41, 5.74) is 1.41. The maximum absolute atomic E-state index is 12.1. The number of carbonyl (C=O) groups excluding carboxylic acids is 1. The van der Waals surface area contributed by atoms with Crippen LogP contribution in [-0.4, -0.2) is 30.2 Å². The molecule has 0 fully saturated rings. The van der Waals surface area contributed by atoms with Crippen molar-refractivity contribution in [3.63, 3.8) is 0 Å². The zero-order valence-electron chi connectivity index (χ0n) is 12.7. The van der Waals surface area contributed by atoms with Crippen molar-refractivity contribution in [3.8, 4) is 10.7 Å². The van der Waals surface area contributed by atoms with E-state index in [0.29, 0.717) is 11.4 Å². The average molecular weight is 329 g/mol. The molecule has 0 amide bonds. The van der Waals surface area contributed by atoms with Crippen molar-refractivity contribution < 1.29 is 14.1 Å². The number of anilines is 1. The lowest BCUT2D eigenvalue weighted by molar-refractivity contribution is 0.0430. The van der Waals surface area contributed by atoms with E-state index in [1.807, 2.05) is 48.6 Å². The molecule has 0 unspecified atom stereocenters. The van der Waals surface area contributed by atoms with Crippen molar-refractivity contribution in [1.29, 1.82) is 0 Å². The highest BCUT2D eigenvalue weighted by atomic mass is 32.1. The molecule has 7 heteroatoms. The van der Waals surface area contributed by atoms with Gasteiger partial charge in [-0.1, -0.05) is 17.3 Å². The fourth-order valence-corrected chi connectivity index (χ4v) is 2.59. The molecule has 0 spiro atoms. The fourth-order valence-electron chi connectivity index (χ4n) is 1.94. The number of nitrogens with zero attached hydrogens (tertiary/aromatic N) is 3. The molecular weight excluding hydrogens is 314 g/mol. The summed E-state index contributed by atoms with van der Waals surface area (Å²) < 4.78 is 10.3. The van der Waals surface area contributed by atoms with Gasteiger partial charge in [0.15, 0.2) is 6.61 Å². The van der Waals surface area contributed by atoms with E-state index in [4.69, 9.17) is 9.26 Å². The standard InChI is InChI=1S/C16H15N3O3S/c1-19(2)12-6-3-5-11(9-12)16(20)21-10-14-17-15(18-22-14)13-7-4-8-23-13/h3-9H,10H2,1-2H3. The van der Waals surface area contributed by atoms with Crippen LogP contribution in [0.25, 0.3) is 10.7 Å². The molecular formula is C16H15N3O3S. The van der Waals surface area contributed by atoms with Crippen LogP contribution in [0.5, 0.6) is 0 Å². The number of esters is 1. The Morgan fingerprint density at radius 1 is 1.30 bits per heavy atom. The smallest absolute Gasteiger partial charge is 0.338 e. The predicted molar refractivity (Wildman–Crippen MR) is 87.5 cm³/mol. The molecule has 0 aliphatic rings. The Morgan fingerprint density at radius 3 is 2.91 bits per heavy atom. The highest BCUT2D eigenvalue weighted by Crippen LogP contribution is 2.21. The van der Waals surface area contributed by atoms with E-state index >= 15 is 0 Å². The van der Waals surface area contributed by atoms with Crippen LogP contribution in [0.3, 0.4) is 0 Å². The summed E-state index contributed by atoms with van der Waals surface area (Å²) >= 11 is 1.52. The highest BCUT2D eigenvalue weighted by Gasteiger charge is 2.13. The maximum Gasteiger partial charge on any atom is 0.338 e. The Morgan fingerprint density at radius 2 is 2.17 bits per heavy atom. The Bertz CT molecular complexity index is 797. The molecule has 0 bridgehead atoms. The highest BCUT2D eigenvalue weighted by molar-refractivity contribution is 7.13. The van der Waals surface area contributed by atoms with Gasteiger partial charge in [0.25, 0.3) is 5.89 Å². The van der Waals surface area contributed by atoms with Crippen molar-refractivity contribution in [1.82, 2.24) is 10.1 Å². The van der Waals surface area contributed by atoms with Gasteiger partial charge in [-0.15, -0.1) is 11.3 Å². The molecule has 0 radical (unpaired) electrons. The van der Waals surface area contributed by atoms with Crippen LogP contribution in [0.15, 0.2) is 46.3 Å². The number of rotatable bonds is 5. The SMILES string of the molecule is CN(C)c1cccc(C(=O)OCc2nc(-c3cccs3)no2)c1. The quantitative estimate of drug-likeness (QED) is 0.670. The zero-order valence-corrected chi connectivity index (χ0v) is 13.5. The Labute approximate surface area is 137 Å². The molecule has 3 rings (SSSR count). The third-order valence-electron chi connectivity index (χ3n) is 3.13. The van der Waals surface area contributed by atoms with Gasteiger partial charge in [-0.2, -0.15) is 4.98 Å². The van der Waals surface area contributed by atoms with Crippen LogP contribution in [0.2, 0.25) is 0 Å². The second-order valence-corrected chi connectivity index (χ2v) is 5.96. The van der Waals surface area contributed by atoms with E-state index in [1.54, 1.807) is 12.1 Å². The van der Waals surface area contributed by atoms with Gasteiger partial charge < -0.3 is 14.2 Å². The summed E-state index contributed by atoms with van der Waals surface area (Å²) in [7, 11) is 3.82. The lowest BCUT2D eigenvalue weighted by Crippen LogP contribution is -2.11.